The third kappa shape index (κ3) is 2.64. The maximum Gasteiger partial charge on any atom is 0.243 e. The Kier molecular flexibility index (Phi) is 3.43. The molecule has 1 fully saturated rings. The van der Waals surface area contributed by atoms with E-state index in [-0.39, 0.29) is 6.04 Å². The molecule has 1 aromatic carbocycles. The third-order valence-corrected chi connectivity index (χ3v) is 5.16. The van der Waals surface area contributed by atoms with E-state index in [0.717, 1.165) is 22.9 Å². The first-order chi connectivity index (χ1) is 10.7. The van der Waals surface area contributed by atoms with Crippen molar-refractivity contribution in [3.05, 3.63) is 41.0 Å². The van der Waals surface area contributed by atoms with Gasteiger partial charge in [0.1, 0.15) is 5.01 Å². The van der Waals surface area contributed by atoms with E-state index in [4.69, 9.17) is 4.52 Å². The predicted molar refractivity (Wildman–Crippen MR) is 85.8 cm³/mol. The standard InChI is InChI=1S/C16H18N4OS/c1-10(16-18-15(19-21-16)11-7-8-11)20(2)9-14-17-12-5-3-4-6-13(12)22-14/h3-6,10-11H,7-9H2,1-2H3/t10-/m0/s1. The summed E-state index contributed by atoms with van der Waals surface area (Å²) in [6, 6.07) is 8.33. The van der Waals surface area contributed by atoms with Crippen LogP contribution in [0.3, 0.4) is 0 Å². The quantitative estimate of drug-likeness (QED) is 0.718. The van der Waals surface area contributed by atoms with Gasteiger partial charge >= 0.3 is 0 Å². The highest BCUT2D eigenvalue weighted by Crippen LogP contribution is 2.38. The minimum absolute atomic E-state index is 0.0898. The molecule has 114 valence electrons. The molecular weight excluding hydrogens is 296 g/mol. The molecule has 1 atom stereocenters. The maximum absolute atomic E-state index is 5.43. The van der Waals surface area contributed by atoms with E-state index in [2.05, 4.69) is 52.2 Å². The van der Waals surface area contributed by atoms with Crippen molar-refractivity contribution in [2.45, 2.75) is 38.3 Å². The summed E-state index contributed by atoms with van der Waals surface area (Å²) in [5, 5.41) is 5.21. The van der Waals surface area contributed by atoms with Crippen LogP contribution in [-0.2, 0) is 6.54 Å². The second kappa shape index (κ2) is 5.44. The second-order valence-corrected chi connectivity index (χ2v) is 7.05. The summed E-state index contributed by atoms with van der Waals surface area (Å²) in [7, 11) is 2.07. The molecule has 2 aromatic heterocycles. The summed E-state index contributed by atoms with van der Waals surface area (Å²) in [6.45, 7) is 2.87. The van der Waals surface area contributed by atoms with Crippen LogP contribution in [0.15, 0.2) is 28.8 Å². The van der Waals surface area contributed by atoms with Crippen LogP contribution in [0.1, 0.15) is 48.4 Å². The van der Waals surface area contributed by atoms with E-state index in [0.29, 0.717) is 11.8 Å². The molecule has 4 rings (SSSR count). The molecule has 0 N–H and O–H groups in total. The van der Waals surface area contributed by atoms with Crippen LogP contribution in [0.2, 0.25) is 0 Å². The van der Waals surface area contributed by atoms with E-state index >= 15 is 0 Å². The SMILES string of the molecule is C[C@@H](c1nc(C2CC2)no1)N(C)Cc1nc2ccccc2s1. The number of rotatable bonds is 5. The van der Waals surface area contributed by atoms with Gasteiger partial charge in [0.25, 0.3) is 0 Å². The number of benzene rings is 1. The van der Waals surface area contributed by atoms with Crippen LogP contribution in [0.5, 0.6) is 0 Å². The van der Waals surface area contributed by atoms with Gasteiger partial charge in [-0.1, -0.05) is 17.3 Å². The Labute approximate surface area is 133 Å². The molecule has 0 radical (unpaired) electrons. The van der Waals surface area contributed by atoms with Gasteiger partial charge in [0.2, 0.25) is 5.89 Å². The van der Waals surface area contributed by atoms with Crippen molar-refractivity contribution in [2.24, 2.45) is 0 Å². The molecule has 0 spiro atoms. The fourth-order valence-corrected chi connectivity index (χ4v) is 3.48. The summed E-state index contributed by atoms with van der Waals surface area (Å²) in [5.74, 6) is 2.10. The third-order valence-electron chi connectivity index (χ3n) is 4.14. The fourth-order valence-electron chi connectivity index (χ4n) is 2.45. The van der Waals surface area contributed by atoms with Gasteiger partial charge in [0.05, 0.1) is 22.8 Å². The molecule has 5 nitrogen and oxygen atoms in total. The lowest BCUT2D eigenvalue weighted by Crippen LogP contribution is -2.22. The number of fused-ring (bicyclic) bond motifs is 1. The number of para-hydroxylation sites is 1. The van der Waals surface area contributed by atoms with E-state index in [9.17, 15) is 0 Å². The second-order valence-electron chi connectivity index (χ2n) is 5.93. The van der Waals surface area contributed by atoms with E-state index in [1.165, 1.54) is 17.5 Å². The molecule has 22 heavy (non-hydrogen) atoms. The Morgan fingerprint density at radius 1 is 1.32 bits per heavy atom. The van der Waals surface area contributed by atoms with Crippen molar-refractivity contribution < 1.29 is 4.52 Å². The highest BCUT2D eigenvalue weighted by Gasteiger charge is 2.30. The number of thiazole rings is 1. The first-order valence-corrected chi connectivity index (χ1v) is 8.40. The number of aromatic nitrogens is 3. The molecule has 0 unspecified atom stereocenters. The van der Waals surface area contributed by atoms with Crippen LogP contribution < -0.4 is 0 Å². The van der Waals surface area contributed by atoms with Crippen molar-refractivity contribution in [1.82, 2.24) is 20.0 Å². The summed E-state index contributed by atoms with van der Waals surface area (Å²) < 4.78 is 6.65. The highest BCUT2D eigenvalue weighted by atomic mass is 32.1. The van der Waals surface area contributed by atoms with Gasteiger partial charge in [-0.15, -0.1) is 11.3 Å². The molecule has 0 aliphatic heterocycles. The summed E-state index contributed by atoms with van der Waals surface area (Å²) >= 11 is 1.74. The van der Waals surface area contributed by atoms with Crippen molar-refractivity contribution in [3.63, 3.8) is 0 Å². The van der Waals surface area contributed by atoms with Gasteiger partial charge < -0.3 is 4.52 Å². The number of hydrogen-bond acceptors (Lipinski definition) is 6. The van der Waals surface area contributed by atoms with Crippen molar-refractivity contribution in [1.29, 1.82) is 0 Å². The zero-order valence-corrected chi connectivity index (χ0v) is 13.5. The van der Waals surface area contributed by atoms with Crippen molar-refractivity contribution in [2.75, 3.05) is 7.05 Å². The Morgan fingerprint density at radius 3 is 2.91 bits per heavy atom. The molecule has 1 aliphatic carbocycles. The summed E-state index contributed by atoms with van der Waals surface area (Å²) in [4.78, 5) is 11.4. The Hall–Kier alpha value is -1.79. The molecule has 1 saturated carbocycles. The zero-order chi connectivity index (χ0) is 15.1. The molecule has 1 aliphatic rings. The number of hydrogen-bond donors (Lipinski definition) is 0. The minimum atomic E-state index is 0.0898. The van der Waals surface area contributed by atoms with Crippen molar-refractivity contribution in [3.8, 4) is 0 Å². The van der Waals surface area contributed by atoms with Crippen LogP contribution in [0.4, 0.5) is 0 Å². The monoisotopic (exact) mass is 314 g/mol. The van der Waals surface area contributed by atoms with Gasteiger partial charge in [-0.25, -0.2) is 4.98 Å². The minimum Gasteiger partial charge on any atom is -0.338 e. The van der Waals surface area contributed by atoms with E-state index in [1.807, 2.05) is 6.07 Å². The lowest BCUT2D eigenvalue weighted by Gasteiger charge is -2.19. The van der Waals surface area contributed by atoms with Gasteiger partial charge in [-0.2, -0.15) is 4.98 Å². The maximum atomic E-state index is 5.43. The first-order valence-electron chi connectivity index (χ1n) is 7.59. The van der Waals surface area contributed by atoms with E-state index < -0.39 is 0 Å². The summed E-state index contributed by atoms with van der Waals surface area (Å²) in [5.41, 5.74) is 1.07. The molecule has 6 heteroatoms. The normalized spacial score (nSPS) is 16.5. The van der Waals surface area contributed by atoms with Gasteiger partial charge in [0, 0.05) is 5.92 Å². The average molecular weight is 314 g/mol. The Balaban J connectivity index is 1.48. The number of nitrogens with zero attached hydrogens (tertiary/aromatic N) is 4. The van der Waals surface area contributed by atoms with Crippen molar-refractivity contribution >= 4 is 21.6 Å². The largest absolute Gasteiger partial charge is 0.338 e. The van der Waals surface area contributed by atoms with E-state index in [1.54, 1.807) is 11.3 Å². The zero-order valence-electron chi connectivity index (χ0n) is 12.7. The predicted octanol–water partition coefficient (Wildman–Crippen LogP) is 3.75. The molecule has 2 heterocycles. The molecule has 0 amide bonds. The average Bonchev–Trinajstić information content (AvgIpc) is 3.11. The van der Waals surface area contributed by atoms with Crippen LogP contribution in [0, 0.1) is 0 Å². The van der Waals surface area contributed by atoms with Gasteiger partial charge in [0.15, 0.2) is 5.82 Å². The van der Waals surface area contributed by atoms with Gasteiger partial charge in [-0.3, -0.25) is 4.90 Å². The topological polar surface area (TPSA) is 55.1 Å². The highest BCUT2D eigenvalue weighted by molar-refractivity contribution is 7.18. The summed E-state index contributed by atoms with van der Waals surface area (Å²) in [6.07, 6.45) is 2.38. The van der Waals surface area contributed by atoms with Crippen LogP contribution in [0.25, 0.3) is 10.2 Å². The van der Waals surface area contributed by atoms with Crippen LogP contribution >= 0.6 is 11.3 Å². The fraction of sp³-hybridized carbons (Fsp3) is 0.438. The lowest BCUT2D eigenvalue weighted by atomic mass is 10.3. The van der Waals surface area contributed by atoms with Crippen LogP contribution in [-0.4, -0.2) is 27.1 Å². The lowest BCUT2D eigenvalue weighted by molar-refractivity contribution is 0.202. The van der Waals surface area contributed by atoms with Gasteiger partial charge in [-0.05, 0) is 38.9 Å². The molecule has 3 aromatic rings. The molecule has 0 saturated heterocycles. The Morgan fingerprint density at radius 2 is 2.14 bits per heavy atom. The Bertz CT molecular complexity index is 759. The molecule has 0 bridgehead atoms. The smallest absolute Gasteiger partial charge is 0.243 e. The molecular formula is C16H18N4OS. The first kappa shape index (κ1) is 13.8.